The lowest BCUT2D eigenvalue weighted by atomic mass is 10.1. The van der Waals surface area contributed by atoms with Crippen LogP contribution in [0, 0.1) is 6.92 Å². The van der Waals surface area contributed by atoms with Gasteiger partial charge in [0.2, 0.25) is 0 Å². The Bertz CT molecular complexity index is 857. The average Bonchev–Trinajstić information content (AvgIpc) is 2.99. The van der Waals surface area contributed by atoms with Crippen molar-refractivity contribution in [2.24, 2.45) is 0 Å². The summed E-state index contributed by atoms with van der Waals surface area (Å²) < 4.78 is 38.5. The highest BCUT2D eigenvalue weighted by molar-refractivity contribution is 8.00. The number of benzene rings is 2. The Labute approximate surface area is 140 Å². The third kappa shape index (κ3) is 3.70. The van der Waals surface area contributed by atoms with Crippen molar-refractivity contribution in [3.63, 3.8) is 0 Å². The van der Waals surface area contributed by atoms with Gasteiger partial charge in [-0.3, -0.25) is 0 Å². The van der Waals surface area contributed by atoms with E-state index in [9.17, 15) is 13.2 Å². The minimum atomic E-state index is -4.30. The van der Waals surface area contributed by atoms with Crippen LogP contribution in [0.15, 0.2) is 53.7 Å². The van der Waals surface area contributed by atoms with Gasteiger partial charge >= 0.3 is 5.51 Å². The van der Waals surface area contributed by atoms with Gasteiger partial charge in [-0.05, 0) is 66.7 Å². The van der Waals surface area contributed by atoms with Crippen molar-refractivity contribution in [2.45, 2.75) is 17.3 Å². The Morgan fingerprint density at radius 3 is 2.42 bits per heavy atom. The highest BCUT2D eigenvalue weighted by Gasteiger charge is 2.29. The molecule has 0 atom stereocenters. The van der Waals surface area contributed by atoms with Gasteiger partial charge in [0, 0.05) is 16.1 Å². The third-order valence-corrected chi connectivity index (χ3v) is 4.09. The lowest BCUT2D eigenvalue weighted by molar-refractivity contribution is -0.0328. The predicted molar refractivity (Wildman–Crippen MR) is 87.9 cm³/mol. The zero-order valence-corrected chi connectivity index (χ0v) is 13.4. The minimum Gasteiger partial charge on any atom is -0.399 e. The Morgan fingerprint density at radius 1 is 1.08 bits per heavy atom. The number of thioether (sulfide) groups is 1. The van der Waals surface area contributed by atoms with Crippen molar-refractivity contribution in [3.8, 4) is 17.1 Å². The molecule has 4 nitrogen and oxygen atoms in total. The minimum absolute atomic E-state index is 0.126. The van der Waals surface area contributed by atoms with Crippen LogP contribution in [0.25, 0.3) is 17.1 Å². The maximum atomic E-state index is 12.3. The van der Waals surface area contributed by atoms with Crippen LogP contribution in [-0.2, 0) is 0 Å². The molecule has 1 heterocycles. The molecule has 0 unspecified atom stereocenters. The number of halogens is 3. The Kier molecular flexibility index (Phi) is 4.23. The van der Waals surface area contributed by atoms with E-state index in [0.29, 0.717) is 17.2 Å². The topological polar surface area (TPSA) is 56.7 Å². The average molecular weight is 350 g/mol. The Hall–Kier alpha value is -2.48. The van der Waals surface area contributed by atoms with E-state index in [1.54, 1.807) is 18.2 Å². The smallest absolute Gasteiger partial charge is 0.399 e. The van der Waals surface area contributed by atoms with Crippen LogP contribution in [-0.4, -0.2) is 20.3 Å². The molecule has 0 aliphatic rings. The summed E-state index contributed by atoms with van der Waals surface area (Å²) in [5.74, 6) is 0.520. The normalized spacial score (nSPS) is 11.7. The van der Waals surface area contributed by atoms with Crippen LogP contribution >= 0.6 is 11.8 Å². The molecule has 0 saturated heterocycles. The number of aromatic nitrogens is 3. The van der Waals surface area contributed by atoms with Gasteiger partial charge in [-0.2, -0.15) is 13.2 Å². The molecule has 24 heavy (non-hydrogen) atoms. The number of hydrogen-bond donors (Lipinski definition) is 1. The molecule has 2 aromatic carbocycles. The van der Waals surface area contributed by atoms with Gasteiger partial charge in [-0.1, -0.05) is 0 Å². The largest absolute Gasteiger partial charge is 0.446 e. The third-order valence-electron chi connectivity index (χ3n) is 3.35. The summed E-state index contributed by atoms with van der Waals surface area (Å²) >= 11 is -0.147. The Morgan fingerprint density at radius 2 is 1.79 bits per heavy atom. The molecule has 0 saturated carbocycles. The van der Waals surface area contributed by atoms with Crippen molar-refractivity contribution in [2.75, 3.05) is 5.73 Å². The second-order valence-electron chi connectivity index (χ2n) is 5.13. The standard InChI is InChI=1S/C16H13F3N4S/c1-10-8-11(2-7-14(10)20)15-21-9-23(22-15)12-3-5-13(6-4-12)24-16(17,18)19/h2-9H,20H2,1H3. The quantitative estimate of drug-likeness (QED) is 0.560. The second kappa shape index (κ2) is 6.20. The van der Waals surface area contributed by atoms with Crippen molar-refractivity contribution >= 4 is 17.4 Å². The van der Waals surface area contributed by atoms with E-state index in [1.807, 2.05) is 19.1 Å². The molecule has 0 radical (unpaired) electrons. The maximum Gasteiger partial charge on any atom is 0.446 e. The molecule has 1 aromatic heterocycles. The zero-order valence-electron chi connectivity index (χ0n) is 12.6. The van der Waals surface area contributed by atoms with E-state index in [1.165, 1.54) is 23.1 Å². The van der Waals surface area contributed by atoms with E-state index >= 15 is 0 Å². The number of aryl methyl sites for hydroxylation is 1. The van der Waals surface area contributed by atoms with Crippen molar-refractivity contribution < 1.29 is 13.2 Å². The predicted octanol–water partition coefficient (Wildman–Crippen LogP) is 4.44. The molecule has 8 heteroatoms. The molecule has 0 fully saturated rings. The lowest BCUT2D eigenvalue weighted by Crippen LogP contribution is -1.99. The molecule has 3 rings (SSSR count). The van der Waals surface area contributed by atoms with Gasteiger partial charge in [-0.15, -0.1) is 5.10 Å². The number of nitrogens with zero attached hydrogens (tertiary/aromatic N) is 3. The van der Waals surface area contributed by atoms with Gasteiger partial charge in [-0.25, -0.2) is 9.67 Å². The summed E-state index contributed by atoms with van der Waals surface area (Å²) in [6.07, 6.45) is 1.52. The molecule has 124 valence electrons. The van der Waals surface area contributed by atoms with E-state index < -0.39 is 5.51 Å². The van der Waals surface area contributed by atoms with Gasteiger partial charge < -0.3 is 5.73 Å². The van der Waals surface area contributed by atoms with Gasteiger partial charge in [0.1, 0.15) is 6.33 Å². The first-order valence-corrected chi connectivity index (χ1v) is 7.78. The molecule has 0 spiro atoms. The highest BCUT2D eigenvalue weighted by atomic mass is 32.2. The maximum absolute atomic E-state index is 12.3. The van der Waals surface area contributed by atoms with Crippen LogP contribution in [0.2, 0.25) is 0 Å². The first-order valence-electron chi connectivity index (χ1n) is 6.96. The lowest BCUT2D eigenvalue weighted by Gasteiger charge is -2.06. The second-order valence-corrected chi connectivity index (χ2v) is 6.26. The summed E-state index contributed by atoms with van der Waals surface area (Å²) in [4.78, 5) is 4.37. The monoisotopic (exact) mass is 350 g/mol. The van der Waals surface area contributed by atoms with Crippen LogP contribution in [0.3, 0.4) is 0 Å². The van der Waals surface area contributed by atoms with Crippen LogP contribution in [0.1, 0.15) is 5.56 Å². The zero-order chi connectivity index (χ0) is 17.3. The summed E-state index contributed by atoms with van der Waals surface area (Å²) in [6, 6.07) is 11.4. The summed E-state index contributed by atoms with van der Waals surface area (Å²) in [5, 5.41) is 4.36. The SMILES string of the molecule is Cc1cc(-c2ncn(-c3ccc(SC(F)(F)F)cc3)n2)ccc1N. The van der Waals surface area contributed by atoms with Crippen molar-refractivity contribution in [1.82, 2.24) is 14.8 Å². The Balaban J connectivity index is 1.84. The van der Waals surface area contributed by atoms with E-state index in [-0.39, 0.29) is 16.7 Å². The number of hydrogen-bond acceptors (Lipinski definition) is 4. The molecule has 0 aliphatic heterocycles. The first kappa shape index (κ1) is 16.4. The fourth-order valence-electron chi connectivity index (χ4n) is 2.14. The van der Waals surface area contributed by atoms with Crippen LogP contribution in [0.4, 0.5) is 18.9 Å². The van der Waals surface area contributed by atoms with Crippen molar-refractivity contribution in [3.05, 3.63) is 54.4 Å². The summed E-state index contributed by atoms with van der Waals surface area (Å²) in [5.41, 5.74) is 4.57. The number of rotatable bonds is 3. The van der Waals surface area contributed by atoms with Crippen molar-refractivity contribution in [1.29, 1.82) is 0 Å². The first-order chi connectivity index (χ1) is 11.3. The number of nitrogens with two attached hydrogens (primary N) is 1. The number of anilines is 1. The molecular formula is C16H13F3N4S. The number of alkyl halides is 3. The fourth-order valence-corrected chi connectivity index (χ4v) is 2.67. The van der Waals surface area contributed by atoms with Gasteiger partial charge in [0.15, 0.2) is 5.82 Å². The van der Waals surface area contributed by atoms with Crippen LogP contribution in [0.5, 0.6) is 0 Å². The molecular weight excluding hydrogens is 337 g/mol. The van der Waals surface area contributed by atoms with Crippen LogP contribution < -0.4 is 5.73 Å². The molecule has 0 bridgehead atoms. The van der Waals surface area contributed by atoms with Gasteiger partial charge in [0.25, 0.3) is 0 Å². The highest BCUT2D eigenvalue weighted by Crippen LogP contribution is 2.36. The van der Waals surface area contributed by atoms with E-state index in [4.69, 9.17) is 5.73 Å². The number of nitrogen functional groups attached to an aromatic ring is 1. The fraction of sp³-hybridized carbons (Fsp3) is 0.125. The van der Waals surface area contributed by atoms with Gasteiger partial charge in [0.05, 0.1) is 5.69 Å². The summed E-state index contributed by atoms with van der Waals surface area (Å²) in [6.45, 7) is 1.90. The molecule has 2 N–H and O–H groups in total. The molecule has 3 aromatic rings. The summed E-state index contributed by atoms with van der Waals surface area (Å²) in [7, 11) is 0. The van der Waals surface area contributed by atoms with E-state index in [0.717, 1.165) is 11.1 Å². The molecule has 0 aliphatic carbocycles. The molecule has 0 amide bonds. The van der Waals surface area contributed by atoms with E-state index in [2.05, 4.69) is 10.1 Å².